The van der Waals surface area contributed by atoms with Crippen molar-refractivity contribution in [2.75, 3.05) is 6.54 Å². The maximum absolute atomic E-state index is 12.1. The number of carboxylic acids is 1. The maximum atomic E-state index is 12.1. The summed E-state index contributed by atoms with van der Waals surface area (Å²) in [5.41, 5.74) is 4.66. The third-order valence-electron chi connectivity index (χ3n) is 3.88. The first kappa shape index (κ1) is 14.4. The smallest absolute Gasteiger partial charge is 0.311 e. The van der Waals surface area contributed by atoms with E-state index in [9.17, 15) is 14.7 Å². The lowest BCUT2D eigenvalue weighted by molar-refractivity contribution is -0.148. The van der Waals surface area contributed by atoms with E-state index >= 15 is 0 Å². The molecule has 4 N–H and O–H groups in total. The Hall–Kier alpha value is -1.96. The van der Waals surface area contributed by atoms with Crippen LogP contribution in [0.5, 0.6) is 0 Å². The van der Waals surface area contributed by atoms with Gasteiger partial charge in [0.05, 0.1) is 18.2 Å². The molecule has 0 spiro atoms. The molecule has 1 aliphatic carbocycles. The molecule has 0 bridgehead atoms. The molecule has 20 heavy (non-hydrogen) atoms. The van der Waals surface area contributed by atoms with Crippen molar-refractivity contribution in [1.29, 1.82) is 0 Å². The van der Waals surface area contributed by atoms with Crippen LogP contribution in [-0.2, 0) is 11.3 Å². The van der Waals surface area contributed by atoms with Gasteiger partial charge in [0.2, 0.25) is 0 Å². The van der Waals surface area contributed by atoms with E-state index in [0.29, 0.717) is 25.9 Å². The molecule has 1 aromatic rings. The van der Waals surface area contributed by atoms with Crippen LogP contribution in [0.25, 0.3) is 0 Å². The number of amides is 1. The van der Waals surface area contributed by atoms with E-state index in [1.165, 1.54) is 10.9 Å². The van der Waals surface area contributed by atoms with E-state index in [0.717, 1.165) is 6.42 Å². The van der Waals surface area contributed by atoms with Gasteiger partial charge >= 0.3 is 5.97 Å². The van der Waals surface area contributed by atoms with Crippen LogP contribution in [0.2, 0.25) is 0 Å². The minimum atomic E-state index is -0.914. The van der Waals surface area contributed by atoms with Gasteiger partial charge in [0.1, 0.15) is 0 Å². The summed E-state index contributed by atoms with van der Waals surface area (Å²) in [4.78, 5) is 23.4. The van der Waals surface area contributed by atoms with Crippen molar-refractivity contribution in [2.45, 2.75) is 38.8 Å². The molecule has 1 saturated carbocycles. The molecular weight excluding hydrogens is 262 g/mol. The predicted molar refractivity (Wildman–Crippen MR) is 69.9 cm³/mol. The van der Waals surface area contributed by atoms with E-state index in [2.05, 4.69) is 15.6 Å². The van der Waals surface area contributed by atoms with Crippen LogP contribution in [-0.4, -0.2) is 44.6 Å². The fourth-order valence-corrected chi connectivity index (χ4v) is 2.53. The largest absolute Gasteiger partial charge is 0.481 e. The lowest BCUT2D eigenvalue weighted by atomic mass is 9.85. The number of nitrogens with two attached hydrogens (primary N) is 1. The second-order valence-corrected chi connectivity index (χ2v) is 5.30. The topological polar surface area (TPSA) is 123 Å². The summed E-state index contributed by atoms with van der Waals surface area (Å²) in [5, 5.41) is 19.6. The van der Waals surface area contributed by atoms with Crippen LogP contribution in [0.4, 0.5) is 0 Å². The first-order valence-corrected chi connectivity index (χ1v) is 6.62. The molecular formula is C12H19N5O3. The minimum absolute atomic E-state index is 0.179. The zero-order valence-electron chi connectivity index (χ0n) is 11.4. The molecule has 1 heterocycles. The van der Waals surface area contributed by atoms with Gasteiger partial charge in [0, 0.05) is 12.6 Å². The summed E-state index contributed by atoms with van der Waals surface area (Å²) in [6.45, 7) is 2.55. The summed E-state index contributed by atoms with van der Waals surface area (Å²) in [5.74, 6) is -1.28. The Morgan fingerprint density at radius 3 is 3.05 bits per heavy atom. The SMILES string of the molecule is CC1(C(=O)O)CCCC1NC(=O)c1cn(CCN)nn1. The highest BCUT2D eigenvalue weighted by atomic mass is 16.4. The normalized spacial score (nSPS) is 25.6. The molecule has 2 unspecified atom stereocenters. The van der Waals surface area contributed by atoms with Crippen molar-refractivity contribution < 1.29 is 14.7 Å². The summed E-state index contributed by atoms with van der Waals surface area (Å²) in [6, 6.07) is -0.382. The molecule has 110 valence electrons. The number of hydrogen-bond acceptors (Lipinski definition) is 5. The Labute approximate surface area is 116 Å². The van der Waals surface area contributed by atoms with Crippen LogP contribution >= 0.6 is 0 Å². The molecule has 0 aromatic carbocycles. The average molecular weight is 281 g/mol. The molecule has 0 radical (unpaired) electrons. The van der Waals surface area contributed by atoms with Gasteiger partial charge in [-0.3, -0.25) is 14.3 Å². The highest BCUT2D eigenvalue weighted by Gasteiger charge is 2.46. The van der Waals surface area contributed by atoms with E-state index in [1.807, 2.05) is 0 Å². The van der Waals surface area contributed by atoms with Gasteiger partial charge in [-0.05, 0) is 19.8 Å². The van der Waals surface area contributed by atoms with Crippen molar-refractivity contribution in [3.63, 3.8) is 0 Å². The van der Waals surface area contributed by atoms with Gasteiger partial charge in [0.15, 0.2) is 5.69 Å². The zero-order chi connectivity index (χ0) is 14.8. The van der Waals surface area contributed by atoms with Crippen molar-refractivity contribution >= 4 is 11.9 Å². The highest BCUT2D eigenvalue weighted by molar-refractivity contribution is 5.92. The number of nitrogens with one attached hydrogen (secondary N) is 1. The molecule has 1 amide bonds. The third kappa shape index (κ3) is 2.64. The third-order valence-corrected chi connectivity index (χ3v) is 3.88. The molecule has 8 nitrogen and oxygen atoms in total. The maximum Gasteiger partial charge on any atom is 0.311 e. The molecule has 1 fully saturated rings. The number of rotatable bonds is 5. The van der Waals surface area contributed by atoms with Crippen molar-refractivity contribution in [2.24, 2.45) is 11.1 Å². The number of hydrogen-bond donors (Lipinski definition) is 3. The Morgan fingerprint density at radius 1 is 1.65 bits per heavy atom. The van der Waals surface area contributed by atoms with Crippen molar-refractivity contribution in [3.05, 3.63) is 11.9 Å². The molecule has 1 aliphatic rings. The van der Waals surface area contributed by atoms with Crippen molar-refractivity contribution in [3.8, 4) is 0 Å². The predicted octanol–water partition coefficient (Wildman–Crippen LogP) is -0.390. The van der Waals surface area contributed by atoms with E-state index in [4.69, 9.17) is 5.73 Å². The summed E-state index contributed by atoms with van der Waals surface area (Å²) in [7, 11) is 0. The van der Waals surface area contributed by atoms with E-state index in [1.54, 1.807) is 6.92 Å². The zero-order valence-corrected chi connectivity index (χ0v) is 11.4. The van der Waals surface area contributed by atoms with Gasteiger partial charge in [-0.15, -0.1) is 5.10 Å². The molecule has 1 aromatic heterocycles. The molecule has 2 atom stereocenters. The van der Waals surface area contributed by atoms with Gasteiger partial charge in [0.25, 0.3) is 5.91 Å². The number of carbonyl (C=O) groups is 2. The van der Waals surface area contributed by atoms with Crippen LogP contribution in [0, 0.1) is 5.41 Å². The average Bonchev–Trinajstić information content (AvgIpc) is 2.99. The molecule has 0 saturated heterocycles. The molecule has 8 heteroatoms. The Balaban J connectivity index is 2.05. The Morgan fingerprint density at radius 2 is 2.40 bits per heavy atom. The Kier molecular flexibility index (Phi) is 4.03. The van der Waals surface area contributed by atoms with Gasteiger partial charge in [-0.25, -0.2) is 0 Å². The van der Waals surface area contributed by atoms with E-state index in [-0.39, 0.29) is 11.7 Å². The van der Waals surface area contributed by atoms with Crippen LogP contribution in [0.1, 0.15) is 36.7 Å². The van der Waals surface area contributed by atoms with E-state index < -0.39 is 17.3 Å². The number of nitrogens with zero attached hydrogens (tertiary/aromatic N) is 3. The van der Waals surface area contributed by atoms with Gasteiger partial charge in [-0.1, -0.05) is 11.6 Å². The monoisotopic (exact) mass is 281 g/mol. The second-order valence-electron chi connectivity index (χ2n) is 5.30. The number of carbonyl (C=O) groups excluding carboxylic acids is 1. The van der Waals surface area contributed by atoms with Crippen LogP contribution in [0.3, 0.4) is 0 Å². The second kappa shape index (κ2) is 5.58. The van der Waals surface area contributed by atoms with Gasteiger partial charge < -0.3 is 16.2 Å². The lowest BCUT2D eigenvalue weighted by Gasteiger charge is -2.27. The fourth-order valence-electron chi connectivity index (χ4n) is 2.53. The molecule has 0 aliphatic heterocycles. The number of aromatic nitrogens is 3. The summed E-state index contributed by atoms with van der Waals surface area (Å²) < 4.78 is 1.49. The quantitative estimate of drug-likeness (QED) is 0.675. The standard InChI is InChI=1S/C12H19N5O3/c1-12(11(19)20)4-2-3-9(12)14-10(18)8-7-17(6-5-13)16-15-8/h7,9H,2-6,13H2,1H3,(H,14,18)(H,19,20). The summed E-state index contributed by atoms with van der Waals surface area (Å²) in [6.07, 6.45) is 3.52. The fraction of sp³-hybridized carbons (Fsp3) is 0.667. The van der Waals surface area contributed by atoms with Crippen LogP contribution < -0.4 is 11.1 Å². The molecule has 2 rings (SSSR count). The minimum Gasteiger partial charge on any atom is -0.481 e. The summed E-state index contributed by atoms with van der Waals surface area (Å²) >= 11 is 0. The first-order valence-electron chi connectivity index (χ1n) is 6.62. The lowest BCUT2D eigenvalue weighted by Crippen LogP contribution is -2.47. The van der Waals surface area contributed by atoms with Crippen LogP contribution in [0.15, 0.2) is 6.20 Å². The number of aliphatic carboxylic acids is 1. The highest BCUT2D eigenvalue weighted by Crippen LogP contribution is 2.38. The number of carboxylic acid groups (broad SMARTS) is 1. The van der Waals surface area contributed by atoms with Crippen molar-refractivity contribution in [1.82, 2.24) is 20.3 Å². The van der Waals surface area contributed by atoms with Gasteiger partial charge in [-0.2, -0.15) is 0 Å². The first-order chi connectivity index (χ1) is 9.47. The Bertz CT molecular complexity index is 515.